The van der Waals surface area contributed by atoms with E-state index in [0.29, 0.717) is 0 Å². The van der Waals surface area contributed by atoms with Crippen molar-refractivity contribution < 1.29 is 4.39 Å². The minimum atomic E-state index is -0.184. The van der Waals surface area contributed by atoms with Gasteiger partial charge >= 0.3 is 0 Å². The lowest BCUT2D eigenvalue weighted by atomic mass is 10.1. The van der Waals surface area contributed by atoms with E-state index >= 15 is 0 Å². The maximum Gasteiger partial charge on any atom is 0.123 e. The number of thiazole rings is 1. The van der Waals surface area contributed by atoms with Crippen LogP contribution >= 0.6 is 11.3 Å². The zero-order valence-electron chi connectivity index (χ0n) is 10.6. The molecule has 0 spiro atoms. The third-order valence-electron chi connectivity index (χ3n) is 2.80. The van der Waals surface area contributed by atoms with E-state index in [1.54, 1.807) is 23.5 Å². The number of hydrogen-bond acceptors (Lipinski definition) is 3. The van der Waals surface area contributed by atoms with Crippen molar-refractivity contribution in [3.63, 3.8) is 0 Å². The SMILES string of the molecule is Cc1csc(CCNC(C)c2cccc(F)c2)n1. The van der Waals surface area contributed by atoms with Gasteiger partial charge in [-0.1, -0.05) is 12.1 Å². The molecule has 0 bridgehead atoms. The third-order valence-corrected chi connectivity index (χ3v) is 3.83. The van der Waals surface area contributed by atoms with Crippen molar-refractivity contribution in [2.45, 2.75) is 26.3 Å². The molecule has 2 nitrogen and oxygen atoms in total. The molecule has 4 heteroatoms. The number of aryl methyl sites for hydroxylation is 1. The van der Waals surface area contributed by atoms with Gasteiger partial charge in [0.1, 0.15) is 5.82 Å². The fourth-order valence-corrected chi connectivity index (χ4v) is 2.58. The van der Waals surface area contributed by atoms with Crippen molar-refractivity contribution in [1.82, 2.24) is 10.3 Å². The lowest BCUT2D eigenvalue weighted by Gasteiger charge is -2.13. The van der Waals surface area contributed by atoms with Crippen molar-refractivity contribution in [2.75, 3.05) is 6.54 Å². The second-order valence-electron chi connectivity index (χ2n) is 4.36. The number of rotatable bonds is 5. The van der Waals surface area contributed by atoms with Gasteiger partial charge in [-0.15, -0.1) is 11.3 Å². The Morgan fingerprint density at radius 1 is 1.44 bits per heavy atom. The Hall–Kier alpha value is -1.26. The number of nitrogens with one attached hydrogen (secondary N) is 1. The Morgan fingerprint density at radius 2 is 2.28 bits per heavy atom. The molecule has 0 saturated heterocycles. The van der Waals surface area contributed by atoms with E-state index in [1.165, 1.54) is 6.07 Å². The zero-order chi connectivity index (χ0) is 13.0. The molecular weight excluding hydrogens is 247 g/mol. The Labute approximate surface area is 111 Å². The molecule has 0 aliphatic carbocycles. The average molecular weight is 264 g/mol. The first-order valence-electron chi connectivity index (χ1n) is 6.05. The number of halogens is 1. The van der Waals surface area contributed by atoms with Gasteiger partial charge < -0.3 is 5.32 Å². The highest BCUT2D eigenvalue weighted by molar-refractivity contribution is 7.09. The molecule has 0 aliphatic heterocycles. The van der Waals surface area contributed by atoms with E-state index in [1.807, 2.05) is 19.9 Å². The van der Waals surface area contributed by atoms with Crippen LogP contribution in [0.5, 0.6) is 0 Å². The maximum atomic E-state index is 13.1. The summed E-state index contributed by atoms with van der Waals surface area (Å²) in [5, 5.41) is 6.59. The Balaban J connectivity index is 1.83. The van der Waals surface area contributed by atoms with Crippen LogP contribution in [0.1, 0.15) is 29.2 Å². The third kappa shape index (κ3) is 3.62. The van der Waals surface area contributed by atoms with Crippen molar-refractivity contribution in [3.05, 3.63) is 51.7 Å². The van der Waals surface area contributed by atoms with Gasteiger partial charge in [-0.2, -0.15) is 0 Å². The predicted molar refractivity (Wildman–Crippen MR) is 73.4 cm³/mol. The van der Waals surface area contributed by atoms with Crippen LogP contribution in [-0.4, -0.2) is 11.5 Å². The van der Waals surface area contributed by atoms with Gasteiger partial charge in [0.15, 0.2) is 0 Å². The monoisotopic (exact) mass is 264 g/mol. The molecular formula is C14H17FN2S. The van der Waals surface area contributed by atoms with Gasteiger partial charge in [-0.3, -0.25) is 0 Å². The summed E-state index contributed by atoms with van der Waals surface area (Å²) in [6, 6.07) is 6.88. The summed E-state index contributed by atoms with van der Waals surface area (Å²) >= 11 is 1.69. The summed E-state index contributed by atoms with van der Waals surface area (Å²) in [5.41, 5.74) is 2.05. The minimum Gasteiger partial charge on any atom is -0.310 e. The lowest BCUT2D eigenvalue weighted by Crippen LogP contribution is -2.21. The standard InChI is InChI=1S/C14H17FN2S/c1-10-9-18-14(17-10)6-7-16-11(2)12-4-3-5-13(15)8-12/h3-5,8-9,11,16H,6-7H2,1-2H3. The molecule has 1 atom stereocenters. The van der Waals surface area contributed by atoms with Gasteiger partial charge in [0.05, 0.1) is 5.01 Å². The molecule has 2 rings (SSSR count). The summed E-state index contributed by atoms with van der Waals surface area (Å²) in [4.78, 5) is 4.41. The van der Waals surface area contributed by atoms with Gasteiger partial charge in [-0.05, 0) is 31.5 Å². The summed E-state index contributed by atoms with van der Waals surface area (Å²) in [6.45, 7) is 4.90. The first-order valence-corrected chi connectivity index (χ1v) is 6.93. The van der Waals surface area contributed by atoms with Crippen LogP contribution in [0.25, 0.3) is 0 Å². The molecule has 0 radical (unpaired) electrons. The van der Waals surface area contributed by atoms with Gasteiger partial charge in [0, 0.05) is 30.1 Å². The van der Waals surface area contributed by atoms with Crippen molar-refractivity contribution in [2.24, 2.45) is 0 Å². The fourth-order valence-electron chi connectivity index (χ4n) is 1.81. The minimum absolute atomic E-state index is 0.154. The molecule has 1 aromatic carbocycles. The molecule has 0 aliphatic rings. The van der Waals surface area contributed by atoms with Crippen LogP contribution in [0.15, 0.2) is 29.6 Å². The summed E-state index contributed by atoms with van der Waals surface area (Å²) < 4.78 is 13.1. The summed E-state index contributed by atoms with van der Waals surface area (Å²) in [7, 11) is 0. The quantitative estimate of drug-likeness (QED) is 0.894. The first-order chi connectivity index (χ1) is 8.65. The van der Waals surface area contributed by atoms with Crippen LogP contribution < -0.4 is 5.32 Å². The molecule has 96 valence electrons. The summed E-state index contributed by atoms with van der Waals surface area (Å²) in [6.07, 6.45) is 0.915. The number of benzene rings is 1. The van der Waals surface area contributed by atoms with Crippen molar-refractivity contribution >= 4 is 11.3 Å². The van der Waals surface area contributed by atoms with E-state index in [9.17, 15) is 4.39 Å². The lowest BCUT2D eigenvalue weighted by molar-refractivity contribution is 0.566. The molecule has 1 N–H and O–H groups in total. The van der Waals surface area contributed by atoms with Gasteiger partial charge in [-0.25, -0.2) is 9.37 Å². The van der Waals surface area contributed by atoms with Gasteiger partial charge in [0.2, 0.25) is 0 Å². The molecule has 0 saturated carbocycles. The normalized spacial score (nSPS) is 12.6. The van der Waals surface area contributed by atoms with E-state index < -0.39 is 0 Å². The highest BCUT2D eigenvalue weighted by Crippen LogP contribution is 2.14. The predicted octanol–water partition coefficient (Wildman–Crippen LogP) is 3.48. The van der Waals surface area contributed by atoms with Gasteiger partial charge in [0.25, 0.3) is 0 Å². The molecule has 2 aromatic rings. The largest absolute Gasteiger partial charge is 0.310 e. The zero-order valence-corrected chi connectivity index (χ0v) is 11.4. The number of nitrogens with zero attached hydrogens (tertiary/aromatic N) is 1. The van der Waals surface area contributed by atoms with Crippen LogP contribution in [0, 0.1) is 12.7 Å². The van der Waals surface area contributed by atoms with E-state index in [-0.39, 0.29) is 11.9 Å². The molecule has 1 aromatic heterocycles. The summed E-state index contributed by atoms with van der Waals surface area (Å²) in [5.74, 6) is -0.184. The van der Waals surface area contributed by atoms with Crippen LogP contribution in [0.2, 0.25) is 0 Å². The highest BCUT2D eigenvalue weighted by Gasteiger charge is 2.06. The average Bonchev–Trinajstić information content (AvgIpc) is 2.75. The van der Waals surface area contributed by atoms with E-state index in [0.717, 1.165) is 29.2 Å². The van der Waals surface area contributed by atoms with Crippen molar-refractivity contribution in [1.29, 1.82) is 0 Å². The van der Waals surface area contributed by atoms with Crippen LogP contribution in [0.4, 0.5) is 4.39 Å². The number of hydrogen-bond donors (Lipinski definition) is 1. The molecule has 0 fully saturated rings. The highest BCUT2D eigenvalue weighted by atomic mass is 32.1. The van der Waals surface area contributed by atoms with E-state index in [4.69, 9.17) is 0 Å². The Morgan fingerprint density at radius 3 is 2.94 bits per heavy atom. The molecule has 18 heavy (non-hydrogen) atoms. The first kappa shape index (κ1) is 13.2. The second kappa shape index (κ2) is 6.07. The smallest absolute Gasteiger partial charge is 0.123 e. The Bertz CT molecular complexity index is 510. The van der Waals surface area contributed by atoms with E-state index in [2.05, 4.69) is 15.7 Å². The van der Waals surface area contributed by atoms with Crippen LogP contribution in [-0.2, 0) is 6.42 Å². The van der Waals surface area contributed by atoms with Crippen LogP contribution in [0.3, 0.4) is 0 Å². The fraction of sp³-hybridized carbons (Fsp3) is 0.357. The second-order valence-corrected chi connectivity index (χ2v) is 5.31. The Kier molecular flexibility index (Phi) is 4.44. The van der Waals surface area contributed by atoms with Crippen molar-refractivity contribution in [3.8, 4) is 0 Å². The molecule has 1 heterocycles. The number of aromatic nitrogens is 1. The molecule has 1 unspecified atom stereocenters. The maximum absolute atomic E-state index is 13.1. The topological polar surface area (TPSA) is 24.9 Å². The molecule has 0 amide bonds.